The molecule has 0 aromatic heterocycles. The predicted octanol–water partition coefficient (Wildman–Crippen LogP) is 0.506. The largest absolute Gasteiger partial charge is 0.375 e. The monoisotopic (exact) mass is 199 g/mol. The number of amides is 1. The molecular weight excluding hydrogens is 182 g/mol. The molecule has 1 aliphatic heterocycles. The lowest BCUT2D eigenvalue weighted by molar-refractivity contribution is -0.116. The van der Waals surface area contributed by atoms with Gasteiger partial charge in [0.25, 0.3) is 0 Å². The van der Waals surface area contributed by atoms with Gasteiger partial charge in [0.05, 0.1) is 19.8 Å². The number of likely N-dealkylation sites (N-methyl/N-ethyl adjacent to an activating group) is 1. The normalized spacial score (nSPS) is 17.4. The van der Waals surface area contributed by atoms with Crippen LogP contribution in [0, 0.1) is 0 Å². The van der Waals surface area contributed by atoms with Crippen LogP contribution in [0.2, 0.25) is 0 Å². The number of hydrogen-bond donors (Lipinski definition) is 1. The summed E-state index contributed by atoms with van der Waals surface area (Å²) in [5.41, 5.74) is 0. The molecule has 4 nitrogen and oxygen atoms in total. The average molecular weight is 199 g/mol. The van der Waals surface area contributed by atoms with Crippen molar-refractivity contribution in [1.29, 1.82) is 0 Å². The van der Waals surface area contributed by atoms with Gasteiger partial charge in [-0.2, -0.15) is 0 Å². The third-order valence-electron chi connectivity index (χ3n) is 1.37. The molecule has 1 heterocycles. The van der Waals surface area contributed by atoms with Gasteiger partial charge < -0.3 is 14.8 Å². The van der Waals surface area contributed by atoms with E-state index < -0.39 is 0 Å². The third-order valence-corrected chi connectivity index (χ3v) is 1.37. The molecule has 0 saturated carbocycles. The van der Waals surface area contributed by atoms with Gasteiger partial charge in [-0.05, 0) is 6.08 Å². The van der Waals surface area contributed by atoms with Crippen molar-refractivity contribution in [3.8, 4) is 0 Å². The zero-order valence-electron chi connectivity index (χ0n) is 8.49. The highest BCUT2D eigenvalue weighted by Gasteiger charge is 2.21. The third kappa shape index (κ3) is 8.96. The Balaban J connectivity index is 0.000000255. The Morgan fingerprint density at radius 1 is 1.71 bits per heavy atom. The summed E-state index contributed by atoms with van der Waals surface area (Å²) >= 11 is 0. The Labute approximate surface area is 84.6 Å². The topological polar surface area (TPSA) is 50.9 Å². The molecule has 1 saturated heterocycles. The van der Waals surface area contributed by atoms with Gasteiger partial charge in [-0.15, -0.1) is 6.58 Å². The van der Waals surface area contributed by atoms with Gasteiger partial charge in [0.2, 0.25) is 5.91 Å². The number of hydrogen-bond acceptors (Lipinski definition) is 3. The molecule has 1 unspecified atom stereocenters. The van der Waals surface area contributed by atoms with E-state index in [1.807, 2.05) is 0 Å². The molecule has 4 heteroatoms. The molecule has 14 heavy (non-hydrogen) atoms. The Morgan fingerprint density at radius 3 is 2.64 bits per heavy atom. The minimum Gasteiger partial charge on any atom is -0.375 e. The number of carbonyl (C=O) groups is 1. The van der Waals surface area contributed by atoms with Crippen molar-refractivity contribution in [2.75, 3.05) is 26.9 Å². The molecule has 1 amide bonds. The smallest absolute Gasteiger partial charge is 0.243 e. The van der Waals surface area contributed by atoms with Crippen LogP contribution in [0.1, 0.15) is 0 Å². The lowest BCUT2D eigenvalue weighted by atomic mass is 10.5. The van der Waals surface area contributed by atoms with Crippen molar-refractivity contribution < 1.29 is 14.3 Å². The molecule has 0 bridgehead atoms. The van der Waals surface area contributed by atoms with Gasteiger partial charge in [0.1, 0.15) is 6.10 Å². The van der Waals surface area contributed by atoms with Gasteiger partial charge in [0, 0.05) is 7.05 Å². The number of nitrogens with one attached hydrogen (secondary N) is 1. The van der Waals surface area contributed by atoms with E-state index >= 15 is 0 Å². The van der Waals surface area contributed by atoms with Crippen molar-refractivity contribution >= 4 is 5.91 Å². The summed E-state index contributed by atoms with van der Waals surface area (Å²) in [5.74, 6) is -0.144. The minimum atomic E-state index is -0.144. The van der Waals surface area contributed by atoms with E-state index in [2.05, 4.69) is 18.5 Å². The molecule has 0 radical (unpaired) electrons. The number of carbonyl (C=O) groups excluding carboxylic acids is 1. The lowest BCUT2D eigenvalue weighted by Crippen LogP contribution is -2.13. The van der Waals surface area contributed by atoms with Gasteiger partial charge in [-0.25, -0.2) is 0 Å². The molecule has 1 atom stereocenters. The summed E-state index contributed by atoms with van der Waals surface area (Å²) in [6, 6.07) is 0. The van der Waals surface area contributed by atoms with Crippen LogP contribution < -0.4 is 5.32 Å². The van der Waals surface area contributed by atoms with Gasteiger partial charge in [-0.3, -0.25) is 4.79 Å². The van der Waals surface area contributed by atoms with Crippen molar-refractivity contribution in [3.63, 3.8) is 0 Å². The first kappa shape index (κ1) is 12.9. The SMILES string of the molecule is C=CC(=O)NC.C=CCOCC1CO1. The zero-order chi connectivity index (χ0) is 10.8. The lowest BCUT2D eigenvalue weighted by Gasteiger charge is -1.92. The van der Waals surface area contributed by atoms with Crippen molar-refractivity contribution in [2.45, 2.75) is 6.10 Å². The molecule has 0 aromatic rings. The molecule has 1 N–H and O–H groups in total. The van der Waals surface area contributed by atoms with Crippen molar-refractivity contribution in [3.05, 3.63) is 25.3 Å². The van der Waals surface area contributed by atoms with E-state index in [1.54, 1.807) is 13.1 Å². The minimum absolute atomic E-state index is 0.144. The van der Waals surface area contributed by atoms with Crippen LogP contribution in [0.3, 0.4) is 0 Å². The van der Waals surface area contributed by atoms with Crippen molar-refractivity contribution in [1.82, 2.24) is 5.32 Å². The maximum Gasteiger partial charge on any atom is 0.243 e. The predicted molar refractivity (Wildman–Crippen MR) is 55.0 cm³/mol. The molecule has 80 valence electrons. The molecule has 0 aliphatic carbocycles. The molecule has 0 aromatic carbocycles. The standard InChI is InChI=1S/C6H10O2.C4H7NO/c1-2-3-7-4-6-5-8-6;1-3-4(6)5-2/h2,6H,1,3-5H2;3H,1H2,2H3,(H,5,6). The van der Waals surface area contributed by atoms with Crippen LogP contribution in [0.25, 0.3) is 0 Å². The van der Waals surface area contributed by atoms with Crippen LogP contribution in [0.15, 0.2) is 25.3 Å². The van der Waals surface area contributed by atoms with Crippen molar-refractivity contribution in [2.24, 2.45) is 0 Å². The molecule has 1 rings (SSSR count). The Kier molecular flexibility index (Phi) is 7.78. The summed E-state index contributed by atoms with van der Waals surface area (Å²) in [5, 5.41) is 2.36. The van der Waals surface area contributed by atoms with Crippen LogP contribution in [-0.2, 0) is 14.3 Å². The Hall–Kier alpha value is -1.13. The summed E-state index contributed by atoms with van der Waals surface area (Å²) in [7, 11) is 1.56. The van der Waals surface area contributed by atoms with E-state index in [4.69, 9.17) is 9.47 Å². The summed E-state index contributed by atoms with van der Waals surface area (Å²) in [6.07, 6.45) is 3.34. The second-order valence-corrected chi connectivity index (χ2v) is 2.60. The van der Waals surface area contributed by atoms with E-state index in [0.29, 0.717) is 12.7 Å². The van der Waals surface area contributed by atoms with Crippen LogP contribution >= 0.6 is 0 Å². The first-order valence-corrected chi connectivity index (χ1v) is 4.39. The second kappa shape index (κ2) is 8.47. The highest BCUT2D eigenvalue weighted by molar-refractivity contribution is 5.86. The number of ether oxygens (including phenoxy) is 2. The second-order valence-electron chi connectivity index (χ2n) is 2.60. The van der Waals surface area contributed by atoms with Gasteiger partial charge in [-0.1, -0.05) is 12.7 Å². The average Bonchev–Trinajstić information content (AvgIpc) is 3.02. The zero-order valence-corrected chi connectivity index (χ0v) is 8.49. The van der Waals surface area contributed by atoms with E-state index in [-0.39, 0.29) is 5.91 Å². The van der Waals surface area contributed by atoms with Crippen LogP contribution in [-0.4, -0.2) is 38.9 Å². The Bertz CT molecular complexity index is 188. The first-order chi connectivity index (χ1) is 6.74. The summed E-state index contributed by atoms with van der Waals surface area (Å²) in [6.45, 7) is 8.97. The summed E-state index contributed by atoms with van der Waals surface area (Å²) < 4.78 is 9.96. The molecule has 1 aliphatic rings. The fourth-order valence-electron chi connectivity index (χ4n) is 0.549. The van der Waals surface area contributed by atoms with Crippen LogP contribution in [0.5, 0.6) is 0 Å². The van der Waals surface area contributed by atoms with Gasteiger partial charge in [0.15, 0.2) is 0 Å². The fraction of sp³-hybridized carbons (Fsp3) is 0.500. The van der Waals surface area contributed by atoms with Crippen LogP contribution in [0.4, 0.5) is 0 Å². The van der Waals surface area contributed by atoms with E-state index in [0.717, 1.165) is 13.2 Å². The molecule has 1 fully saturated rings. The highest BCUT2D eigenvalue weighted by atomic mass is 16.6. The maximum atomic E-state index is 9.95. The molecule has 0 spiro atoms. The van der Waals surface area contributed by atoms with E-state index in [1.165, 1.54) is 6.08 Å². The number of epoxide rings is 1. The maximum absolute atomic E-state index is 9.95. The highest BCUT2D eigenvalue weighted by Crippen LogP contribution is 2.07. The summed E-state index contributed by atoms with van der Waals surface area (Å²) in [4.78, 5) is 9.95. The fourth-order valence-corrected chi connectivity index (χ4v) is 0.549. The van der Waals surface area contributed by atoms with Gasteiger partial charge >= 0.3 is 0 Å². The quantitative estimate of drug-likeness (QED) is 0.304. The van der Waals surface area contributed by atoms with E-state index in [9.17, 15) is 4.79 Å². The Morgan fingerprint density at radius 2 is 2.36 bits per heavy atom. The number of rotatable bonds is 5. The first-order valence-electron chi connectivity index (χ1n) is 4.39. The molecular formula is C10H17NO3.